The number of ether oxygens (including phenoxy) is 2. The number of hydrogen-bond donors (Lipinski definition) is 2. The molecule has 3 N–H and O–H groups in total. The van der Waals surface area contributed by atoms with E-state index in [0.29, 0.717) is 18.4 Å². The summed E-state index contributed by atoms with van der Waals surface area (Å²) in [5.41, 5.74) is 7.63. The molecule has 1 heterocycles. The first kappa shape index (κ1) is 18.0. The Labute approximate surface area is 146 Å². The standard InChI is InChI=1S/C15H18N4O2.HI/c1-20-13-5-3-4-12(8-13)19-15(16)18-10-11-6-7-14(21-2)17-9-11;/h3-9H,10H2,1-2H3,(H3,16,18,19);1H. The van der Waals surface area contributed by atoms with E-state index in [0.717, 1.165) is 17.0 Å². The van der Waals surface area contributed by atoms with Crippen LogP contribution >= 0.6 is 24.0 Å². The van der Waals surface area contributed by atoms with Gasteiger partial charge in [-0.3, -0.25) is 0 Å². The number of methoxy groups -OCH3 is 2. The average molecular weight is 414 g/mol. The molecule has 0 amide bonds. The Bertz CT molecular complexity index is 617. The van der Waals surface area contributed by atoms with Crippen molar-refractivity contribution >= 4 is 35.6 Å². The number of benzene rings is 1. The van der Waals surface area contributed by atoms with Crippen LogP contribution in [0.2, 0.25) is 0 Å². The molecular weight excluding hydrogens is 395 g/mol. The van der Waals surface area contributed by atoms with Crippen molar-refractivity contribution < 1.29 is 9.47 Å². The largest absolute Gasteiger partial charge is 0.497 e. The third kappa shape index (κ3) is 5.40. The molecule has 0 aliphatic heterocycles. The molecule has 6 nitrogen and oxygen atoms in total. The number of guanidine groups is 1. The van der Waals surface area contributed by atoms with Gasteiger partial charge >= 0.3 is 0 Å². The Hall–Kier alpha value is -2.03. The van der Waals surface area contributed by atoms with Crippen LogP contribution in [0, 0.1) is 0 Å². The molecule has 0 saturated heterocycles. The number of aliphatic imine (C=N–C) groups is 1. The molecule has 0 spiro atoms. The van der Waals surface area contributed by atoms with Gasteiger partial charge in [0.05, 0.1) is 20.8 Å². The fourth-order valence-corrected chi connectivity index (χ4v) is 1.69. The first-order chi connectivity index (χ1) is 10.2. The van der Waals surface area contributed by atoms with Crippen molar-refractivity contribution in [2.75, 3.05) is 19.5 Å². The summed E-state index contributed by atoms with van der Waals surface area (Å²) < 4.78 is 10.1. The first-order valence-corrected chi connectivity index (χ1v) is 6.41. The molecule has 0 aliphatic rings. The van der Waals surface area contributed by atoms with E-state index >= 15 is 0 Å². The molecule has 0 radical (unpaired) electrons. The molecule has 2 aromatic rings. The van der Waals surface area contributed by atoms with Crippen molar-refractivity contribution in [1.29, 1.82) is 0 Å². The Morgan fingerprint density at radius 3 is 2.68 bits per heavy atom. The molecular formula is C15H19IN4O2. The zero-order valence-corrected chi connectivity index (χ0v) is 14.8. The number of nitrogens with two attached hydrogens (primary N) is 1. The van der Waals surface area contributed by atoms with Gasteiger partial charge in [0.1, 0.15) is 5.75 Å². The quantitative estimate of drug-likeness (QED) is 0.447. The molecule has 0 fully saturated rings. The summed E-state index contributed by atoms with van der Waals surface area (Å²) in [6.07, 6.45) is 1.71. The van der Waals surface area contributed by atoms with Crippen molar-refractivity contribution in [3.8, 4) is 11.6 Å². The van der Waals surface area contributed by atoms with Crippen LogP contribution in [0.3, 0.4) is 0 Å². The number of pyridine rings is 1. The highest BCUT2D eigenvalue weighted by Gasteiger charge is 1.98. The van der Waals surface area contributed by atoms with E-state index in [1.54, 1.807) is 26.5 Å². The van der Waals surface area contributed by atoms with Crippen LogP contribution in [0.15, 0.2) is 47.6 Å². The lowest BCUT2D eigenvalue weighted by molar-refractivity contribution is 0.397. The van der Waals surface area contributed by atoms with Crippen molar-refractivity contribution in [3.63, 3.8) is 0 Å². The maximum atomic E-state index is 5.85. The van der Waals surface area contributed by atoms with Crippen LogP contribution in [0.5, 0.6) is 11.6 Å². The predicted octanol–water partition coefficient (Wildman–Crippen LogP) is 2.64. The molecule has 22 heavy (non-hydrogen) atoms. The second-order valence-corrected chi connectivity index (χ2v) is 4.27. The van der Waals surface area contributed by atoms with Gasteiger partial charge < -0.3 is 20.5 Å². The summed E-state index contributed by atoms with van der Waals surface area (Å²) >= 11 is 0. The fraction of sp³-hybridized carbons (Fsp3) is 0.200. The molecule has 0 atom stereocenters. The molecule has 1 aromatic heterocycles. The number of anilines is 1. The summed E-state index contributed by atoms with van der Waals surface area (Å²) in [6.45, 7) is 0.444. The molecule has 118 valence electrons. The van der Waals surface area contributed by atoms with E-state index in [2.05, 4.69) is 15.3 Å². The lowest BCUT2D eigenvalue weighted by atomic mass is 10.3. The van der Waals surface area contributed by atoms with Gasteiger partial charge in [-0.15, -0.1) is 24.0 Å². The van der Waals surface area contributed by atoms with Crippen molar-refractivity contribution in [2.45, 2.75) is 6.54 Å². The second kappa shape index (κ2) is 9.08. The van der Waals surface area contributed by atoms with Gasteiger partial charge in [0.25, 0.3) is 0 Å². The van der Waals surface area contributed by atoms with Crippen molar-refractivity contribution in [2.24, 2.45) is 10.7 Å². The third-order valence-corrected chi connectivity index (χ3v) is 2.78. The molecule has 0 aliphatic carbocycles. The number of aromatic nitrogens is 1. The number of halogens is 1. The van der Waals surface area contributed by atoms with Crippen LogP contribution in [0.25, 0.3) is 0 Å². The summed E-state index contributed by atoms with van der Waals surface area (Å²) in [7, 11) is 3.20. The summed E-state index contributed by atoms with van der Waals surface area (Å²) in [5.74, 6) is 1.66. The van der Waals surface area contributed by atoms with Crippen LogP contribution < -0.4 is 20.5 Å². The minimum atomic E-state index is 0. The minimum Gasteiger partial charge on any atom is -0.497 e. The van der Waals surface area contributed by atoms with Crippen molar-refractivity contribution in [3.05, 3.63) is 48.2 Å². The third-order valence-electron chi connectivity index (χ3n) is 2.78. The highest BCUT2D eigenvalue weighted by molar-refractivity contribution is 14.0. The Kier molecular flexibility index (Phi) is 7.44. The Morgan fingerprint density at radius 1 is 1.23 bits per heavy atom. The SMILES string of the molecule is COc1cccc(NC(N)=NCc2ccc(OC)nc2)c1.I. The Balaban J connectivity index is 0.00000242. The zero-order chi connectivity index (χ0) is 15.1. The molecule has 1 aromatic carbocycles. The molecule has 0 unspecified atom stereocenters. The maximum absolute atomic E-state index is 5.85. The summed E-state index contributed by atoms with van der Waals surface area (Å²) in [5, 5.41) is 3.01. The van der Waals surface area contributed by atoms with Crippen LogP contribution in [-0.2, 0) is 6.54 Å². The first-order valence-electron chi connectivity index (χ1n) is 6.41. The van der Waals surface area contributed by atoms with Gasteiger partial charge in [-0.05, 0) is 17.7 Å². The number of nitrogens with one attached hydrogen (secondary N) is 1. The van der Waals surface area contributed by atoms with E-state index < -0.39 is 0 Å². The van der Waals surface area contributed by atoms with E-state index in [1.807, 2.05) is 30.3 Å². The second-order valence-electron chi connectivity index (χ2n) is 4.27. The van der Waals surface area contributed by atoms with Crippen LogP contribution in [-0.4, -0.2) is 25.2 Å². The summed E-state index contributed by atoms with van der Waals surface area (Å²) in [6, 6.07) is 11.2. The van der Waals surface area contributed by atoms with Gasteiger partial charge in [-0.25, -0.2) is 9.98 Å². The van der Waals surface area contributed by atoms with E-state index in [1.165, 1.54) is 0 Å². The van der Waals surface area contributed by atoms with Gasteiger partial charge in [0.15, 0.2) is 5.96 Å². The molecule has 2 rings (SSSR count). The highest BCUT2D eigenvalue weighted by Crippen LogP contribution is 2.16. The predicted molar refractivity (Wildman–Crippen MR) is 98.1 cm³/mol. The van der Waals surface area contributed by atoms with E-state index in [-0.39, 0.29) is 24.0 Å². The minimum absolute atomic E-state index is 0. The number of nitrogens with zero attached hydrogens (tertiary/aromatic N) is 2. The number of rotatable bonds is 5. The van der Waals surface area contributed by atoms with Crippen LogP contribution in [0.1, 0.15) is 5.56 Å². The normalized spacial score (nSPS) is 10.5. The number of hydrogen-bond acceptors (Lipinski definition) is 4. The summed E-state index contributed by atoms with van der Waals surface area (Å²) in [4.78, 5) is 8.37. The van der Waals surface area contributed by atoms with E-state index in [4.69, 9.17) is 15.2 Å². The topological polar surface area (TPSA) is 81.8 Å². The molecule has 0 bridgehead atoms. The van der Waals surface area contributed by atoms with E-state index in [9.17, 15) is 0 Å². The smallest absolute Gasteiger partial charge is 0.212 e. The zero-order valence-electron chi connectivity index (χ0n) is 12.4. The van der Waals surface area contributed by atoms with Gasteiger partial charge in [-0.1, -0.05) is 12.1 Å². The average Bonchev–Trinajstić information content (AvgIpc) is 2.53. The lowest BCUT2D eigenvalue weighted by Crippen LogP contribution is -2.22. The Morgan fingerprint density at radius 2 is 2.05 bits per heavy atom. The highest BCUT2D eigenvalue weighted by atomic mass is 127. The molecule has 0 saturated carbocycles. The van der Waals surface area contributed by atoms with Crippen LogP contribution in [0.4, 0.5) is 5.69 Å². The maximum Gasteiger partial charge on any atom is 0.212 e. The lowest BCUT2D eigenvalue weighted by Gasteiger charge is -2.07. The fourth-order valence-electron chi connectivity index (χ4n) is 1.69. The molecule has 7 heteroatoms. The van der Waals surface area contributed by atoms with Crippen molar-refractivity contribution in [1.82, 2.24) is 4.98 Å². The van der Waals surface area contributed by atoms with Gasteiger partial charge in [-0.2, -0.15) is 0 Å². The van der Waals surface area contributed by atoms with Gasteiger partial charge in [0, 0.05) is 24.0 Å². The van der Waals surface area contributed by atoms with Gasteiger partial charge in [0.2, 0.25) is 5.88 Å². The monoisotopic (exact) mass is 414 g/mol.